The third-order valence-corrected chi connectivity index (χ3v) is 4.87. The molecule has 1 aromatic carbocycles. The van der Waals surface area contributed by atoms with Crippen molar-refractivity contribution in [2.75, 3.05) is 23.7 Å². The Morgan fingerprint density at radius 1 is 1.00 bits per heavy atom. The molecule has 0 atom stereocenters. The van der Waals surface area contributed by atoms with Gasteiger partial charge in [0.2, 0.25) is 11.8 Å². The highest BCUT2D eigenvalue weighted by Gasteiger charge is 2.18. The minimum atomic E-state index is -0.300. The fourth-order valence-corrected chi connectivity index (χ4v) is 3.54. The number of thiazole rings is 1. The highest BCUT2D eigenvalue weighted by molar-refractivity contribution is 7.17. The van der Waals surface area contributed by atoms with Crippen molar-refractivity contribution in [2.24, 2.45) is 5.73 Å². The Labute approximate surface area is 178 Å². The molecule has 0 aliphatic carbocycles. The van der Waals surface area contributed by atoms with Crippen LogP contribution in [0.3, 0.4) is 0 Å². The van der Waals surface area contributed by atoms with Gasteiger partial charge in [0.25, 0.3) is 5.91 Å². The Kier molecular flexibility index (Phi) is 8.29. The van der Waals surface area contributed by atoms with E-state index in [9.17, 15) is 14.4 Å². The smallest absolute Gasteiger partial charge is 0.263 e. The van der Waals surface area contributed by atoms with E-state index < -0.39 is 0 Å². The number of guanidine groups is 1. The molecular formula is C19H25N7O3S. The van der Waals surface area contributed by atoms with E-state index in [2.05, 4.69) is 26.3 Å². The topological polar surface area (TPSA) is 162 Å². The molecule has 0 saturated heterocycles. The normalized spacial score (nSPS) is 10.2. The van der Waals surface area contributed by atoms with E-state index in [0.717, 1.165) is 16.9 Å². The molecule has 0 aliphatic heterocycles. The molecule has 2 aromatic rings. The Morgan fingerprint density at radius 2 is 1.67 bits per heavy atom. The highest BCUT2D eigenvalue weighted by atomic mass is 32.1. The zero-order chi connectivity index (χ0) is 22.1. The van der Waals surface area contributed by atoms with E-state index in [4.69, 9.17) is 11.1 Å². The van der Waals surface area contributed by atoms with Crippen molar-refractivity contribution in [2.45, 2.75) is 26.7 Å². The molecule has 11 heteroatoms. The van der Waals surface area contributed by atoms with Crippen LogP contribution < -0.4 is 27.0 Å². The lowest BCUT2D eigenvalue weighted by Crippen LogP contribution is -2.33. The van der Waals surface area contributed by atoms with Gasteiger partial charge in [0.1, 0.15) is 4.88 Å². The molecule has 1 heterocycles. The molecule has 0 fully saturated rings. The van der Waals surface area contributed by atoms with Gasteiger partial charge in [-0.1, -0.05) is 23.5 Å². The molecule has 10 nitrogen and oxygen atoms in total. The minimum Gasteiger partial charge on any atom is -0.370 e. The Morgan fingerprint density at radius 3 is 2.27 bits per heavy atom. The number of aromatic nitrogens is 1. The van der Waals surface area contributed by atoms with Gasteiger partial charge in [-0.3, -0.25) is 19.8 Å². The molecule has 0 bridgehead atoms. The van der Waals surface area contributed by atoms with Gasteiger partial charge in [-0.05, 0) is 30.5 Å². The fraction of sp³-hybridized carbons (Fsp3) is 0.316. The quantitative estimate of drug-likeness (QED) is 0.198. The first-order valence-electron chi connectivity index (χ1n) is 9.24. The van der Waals surface area contributed by atoms with Crippen LogP contribution in [0.2, 0.25) is 0 Å². The number of hydrogen-bond donors (Lipinski definition) is 6. The molecule has 1 aromatic heterocycles. The van der Waals surface area contributed by atoms with E-state index in [0.29, 0.717) is 40.8 Å². The number of carbonyl (C=O) groups excluding carboxylic acids is 3. The molecular weight excluding hydrogens is 406 g/mol. The van der Waals surface area contributed by atoms with Crippen molar-refractivity contribution in [3.8, 4) is 0 Å². The number of rotatable bonds is 9. The predicted octanol–water partition coefficient (Wildman–Crippen LogP) is 1.06. The van der Waals surface area contributed by atoms with Crippen LogP contribution in [0.15, 0.2) is 24.3 Å². The summed E-state index contributed by atoms with van der Waals surface area (Å²) in [5, 5.41) is 18.3. The number of nitrogens with zero attached hydrogens (tertiary/aromatic N) is 1. The molecule has 0 radical (unpaired) electrons. The lowest BCUT2D eigenvalue weighted by Gasteiger charge is -2.07. The lowest BCUT2D eigenvalue weighted by atomic mass is 10.1. The van der Waals surface area contributed by atoms with Crippen LogP contribution in [0.4, 0.5) is 10.8 Å². The van der Waals surface area contributed by atoms with Crippen LogP contribution in [-0.4, -0.2) is 41.8 Å². The second-order valence-corrected chi connectivity index (χ2v) is 7.45. The van der Waals surface area contributed by atoms with Crippen molar-refractivity contribution < 1.29 is 14.4 Å². The van der Waals surface area contributed by atoms with E-state index in [-0.39, 0.29) is 30.2 Å². The average molecular weight is 432 g/mol. The summed E-state index contributed by atoms with van der Waals surface area (Å²) in [6, 6.07) is 7.44. The van der Waals surface area contributed by atoms with Gasteiger partial charge in [-0.15, -0.1) is 0 Å². The van der Waals surface area contributed by atoms with E-state index in [1.54, 1.807) is 0 Å². The monoisotopic (exact) mass is 431 g/mol. The Hall–Kier alpha value is -3.47. The summed E-state index contributed by atoms with van der Waals surface area (Å²) < 4.78 is 0. The van der Waals surface area contributed by atoms with Gasteiger partial charge in [-0.2, -0.15) is 0 Å². The molecule has 3 amide bonds. The van der Waals surface area contributed by atoms with Crippen LogP contribution in [0.5, 0.6) is 0 Å². The summed E-state index contributed by atoms with van der Waals surface area (Å²) >= 11 is 1.11. The van der Waals surface area contributed by atoms with E-state index in [1.807, 2.05) is 24.3 Å². The number of nitrogens with two attached hydrogens (primary N) is 1. The number of benzene rings is 1. The summed E-state index contributed by atoms with van der Waals surface area (Å²) in [5.74, 6) is -0.864. The first kappa shape index (κ1) is 22.8. The maximum Gasteiger partial charge on any atom is 0.263 e. The molecule has 2 rings (SSSR count). The standard InChI is InChI=1S/C19H25N7O3S/c1-11(27)22-9-10-23-17(29)16-15(26-19(30-16)24-12(2)28)8-5-13-3-6-14(7-4-13)25-18(20)21/h3-4,6-7H,5,8-10H2,1-2H3,(H,22,27)(H,23,29)(H4,20,21,25)(H,24,26,28). The van der Waals surface area contributed by atoms with Crippen LogP contribution in [-0.2, 0) is 22.4 Å². The van der Waals surface area contributed by atoms with Gasteiger partial charge in [0.05, 0.1) is 5.69 Å². The number of hydrogen-bond acceptors (Lipinski definition) is 6. The summed E-state index contributed by atoms with van der Waals surface area (Å²) in [7, 11) is 0. The number of carbonyl (C=O) groups is 3. The van der Waals surface area contributed by atoms with Crippen LogP contribution >= 0.6 is 11.3 Å². The van der Waals surface area contributed by atoms with Crippen molar-refractivity contribution in [3.05, 3.63) is 40.4 Å². The Bertz CT molecular complexity index is 925. The summed E-state index contributed by atoms with van der Waals surface area (Å²) in [6.07, 6.45) is 1.14. The molecule has 0 saturated carbocycles. The molecule has 0 spiro atoms. The van der Waals surface area contributed by atoms with Crippen molar-refractivity contribution in [3.63, 3.8) is 0 Å². The summed E-state index contributed by atoms with van der Waals surface area (Å²) in [5.41, 5.74) is 7.64. The van der Waals surface area contributed by atoms with Gasteiger partial charge >= 0.3 is 0 Å². The third kappa shape index (κ3) is 7.51. The first-order chi connectivity index (χ1) is 14.2. The molecule has 0 unspecified atom stereocenters. The second kappa shape index (κ2) is 10.9. The largest absolute Gasteiger partial charge is 0.370 e. The predicted molar refractivity (Wildman–Crippen MR) is 117 cm³/mol. The van der Waals surface area contributed by atoms with Crippen molar-refractivity contribution >= 4 is 45.8 Å². The number of anilines is 2. The minimum absolute atomic E-state index is 0.134. The van der Waals surface area contributed by atoms with Crippen LogP contribution in [0, 0.1) is 5.41 Å². The van der Waals surface area contributed by atoms with Gasteiger partial charge < -0.3 is 27.0 Å². The number of aryl methyl sites for hydroxylation is 2. The maximum absolute atomic E-state index is 12.6. The molecule has 160 valence electrons. The maximum atomic E-state index is 12.6. The van der Waals surface area contributed by atoms with Crippen molar-refractivity contribution in [1.29, 1.82) is 5.41 Å². The SMILES string of the molecule is CC(=O)NCCNC(=O)c1sc(NC(C)=O)nc1CCc1ccc(NC(=N)N)cc1. The zero-order valence-electron chi connectivity index (χ0n) is 16.8. The average Bonchev–Trinajstić information content (AvgIpc) is 3.06. The van der Waals surface area contributed by atoms with Crippen LogP contribution in [0.1, 0.15) is 34.8 Å². The zero-order valence-corrected chi connectivity index (χ0v) is 17.6. The van der Waals surface area contributed by atoms with Gasteiger partial charge in [0, 0.05) is 32.6 Å². The number of nitrogens with one attached hydrogen (secondary N) is 5. The van der Waals surface area contributed by atoms with Crippen LogP contribution in [0.25, 0.3) is 0 Å². The fourth-order valence-electron chi connectivity index (χ4n) is 2.57. The molecule has 0 aliphatic rings. The van der Waals surface area contributed by atoms with Gasteiger partial charge in [0.15, 0.2) is 11.1 Å². The first-order valence-corrected chi connectivity index (χ1v) is 10.1. The third-order valence-electron chi connectivity index (χ3n) is 3.85. The summed E-state index contributed by atoms with van der Waals surface area (Å²) in [6.45, 7) is 3.40. The van der Waals surface area contributed by atoms with Gasteiger partial charge in [-0.25, -0.2) is 4.98 Å². The molecule has 30 heavy (non-hydrogen) atoms. The highest BCUT2D eigenvalue weighted by Crippen LogP contribution is 2.24. The lowest BCUT2D eigenvalue weighted by molar-refractivity contribution is -0.119. The Balaban J connectivity index is 2.06. The van der Waals surface area contributed by atoms with E-state index in [1.165, 1.54) is 13.8 Å². The molecule has 7 N–H and O–H groups in total. The summed E-state index contributed by atoms with van der Waals surface area (Å²) in [4.78, 5) is 39.7. The van der Waals surface area contributed by atoms with Crippen molar-refractivity contribution in [1.82, 2.24) is 15.6 Å². The second-order valence-electron chi connectivity index (χ2n) is 6.45. The number of amides is 3. The van der Waals surface area contributed by atoms with E-state index >= 15 is 0 Å².